The van der Waals surface area contributed by atoms with Crippen molar-refractivity contribution in [2.45, 2.75) is 20.4 Å². The molecule has 0 saturated carbocycles. The van der Waals surface area contributed by atoms with Crippen molar-refractivity contribution in [1.29, 1.82) is 0 Å². The number of nitrogens with one attached hydrogen (secondary N) is 3. The molecule has 2 rings (SSSR count). The Kier molecular flexibility index (Phi) is 4.35. The molecule has 19 heavy (non-hydrogen) atoms. The van der Waals surface area contributed by atoms with Crippen molar-refractivity contribution < 1.29 is 9.21 Å². The van der Waals surface area contributed by atoms with Crippen LogP contribution in [0.1, 0.15) is 18.2 Å². The van der Waals surface area contributed by atoms with Crippen LogP contribution in [-0.2, 0) is 11.3 Å². The topological polar surface area (TPSA) is 83.0 Å². The standard InChI is InChI=1S/C13H18N4O2/c1-3-15-12(18)8-14-6-10-7-16-17-13(10)11-5-4-9(2)19-11/h4-5,7,14H,3,6,8H2,1-2H3,(H,15,18)(H,16,17). The lowest BCUT2D eigenvalue weighted by molar-refractivity contribution is -0.120. The zero-order valence-electron chi connectivity index (χ0n) is 11.1. The normalized spacial score (nSPS) is 10.6. The fraction of sp³-hybridized carbons (Fsp3) is 0.385. The second-order valence-corrected chi connectivity index (χ2v) is 4.24. The molecule has 0 aromatic carbocycles. The molecule has 0 aliphatic carbocycles. The van der Waals surface area contributed by atoms with E-state index in [0.29, 0.717) is 13.1 Å². The highest BCUT2D eigenvalue weighted by molar-refractivity contribution is 5.77. The fourth-order valence-corrected chi connectivity index (χ4v) is 1.80. The third-order valence-corrected chi connectivity index (χ3v) is 2.68. The van der Waals surface area contributed by atoms with Gasteiger partial charge in [0.1, 0.15) is 11.5 Å². The highest BCUT2D eigenvalue weighted by Crippen LogP contribution is 2.22. The van der Waals surface area contributed by atoms with E-state index in [4.69, 9.17) is 4.42 Å². The van der Waals surface area contributed by atoms with Crippen LogP contribution in [0.15, 0.2) is 22.7 Å². The molecule has 2 heterocycles. The van der Waals surface area contributed by atoms with E-state index in [1.165, 1.54) is 0 Å². The van der Waals surface area contributed by atoms with Gasteiger partial charge < -0.3 is 15.1 Å². The van der Waals surface area contributed by atoms with Gasteiger partial charge in [-0.1, -0.05) is 0 Å². The first-order valence-corrected chi connectivity index (χ1v) is 6.27. The summed E-state index contributed by atoms with van der Waals surface area (Å²) in [5.74, 6) is 1.59. The number of amides is 1. The minimum Gasteiger partial charge on any atom is -0.460 e. The molecule has 0 aliphatic heterocycles. The summed E-state index contributed by atoms with van der Waals surface area (Å²) < 4.78 is 5.56. The number of furan rings is 1. The van der Waals surface area contributed by atoms with Crippen LogP contribution < -0.4 is 10.6 Å². The molecule has 0 atom stereocenters. The quantitative estimate of drug-likeness (QED) is 0.730. The maximum atomic E-state index is 11.3. The summed E-state index contributed by atoms with van der Waals surface area (Å²) >= 11 is 0. The second-order valence-electron chi connectivity index (χ2n) is 4.24. The highest BCUT2D eigenvalue weighted by atomic mass is 16.3. The Balaban J connectivity index is 1.95. The molecule has 0 radical (unpaired) electrons. The van der Waals surface area contributed by atoms with E-state index in [1.807, 2.05) is 26.0 Å². The van der Waals surface area contributed by atoms with Gasteiger partial charge in [0, 0.05) is 18.7 Å². The lowest BCUT2D eigenvalue weighted by atomic mass is 10.2. The van der Waals surface area contributed by atoms with Gasteiger partial charge in [0.05, 0.1) is 12.7 Å². The van der Waals surface area contributed by atoms with E-state index in [2.05, 4.69) is 20.8 Å². The highest BCUT2D eigenvalue weighted by Gasteiger charge is 2.11. The number of aromatic amines is 1. The van der Waals surface area contributed by atoms with Crippen molar-refractivity contribution in [3.63, 3.8) is 0 Å². The predicted molar refractivity (Wildman–Crippen MR) is 71.4 cm³/mol. The van der Waals surface area contributed by atoms with Gasteiger partial charge in [0.15, 0.2) is 5.76 Å². The van der Waals surface area contributed by atoms with E-state index in [9.17, 15) is 4.79 Å². The Labute approximate surface area is 111 Å². The van der Waals surface area contributed by atoms with Crippen molar-refractivity contribution in [2.24, 2.45) is 0 Å². The number of aryl methyl sites for hydroxylation is 1. The number of likely N-dealkylation sites (N-methyl/N-ethyl adjacent to an activating group) is 1. The summed E-state index contributed by atoms with van der Waals surface area (Å²) in [5, 5.41) is 12.7. The maximum Gasteiger partial charge on any atom is 0.233 e. The lowest BCUT2D eigenvalue weighted by Gasteiger charge is -2.04. The van der Waals surface area contributed by atoms with Crippen molar-refractivity contribution >= 4 is 5.91 Å². The van der Waals surface area contributed by atoms with Gasteiger partial charge in [-0.15, -0.1) is 0 Å². The number of carbonyl (C=O) groups is 1. The maximum absolute atomic E-state index is 11.3. The third kappa shape index (κ3) is 3.45. The first-order chi connectivity index (χ1) is 9.20. The first kappa shape index (κ1) is 13.4. The van der Waals surface area contributed by atoms with Crippen LogP contribution in [0.2, 0.25) is 0 Å². The van der Waals surface area contributed by atoms with E-state index >= 15 is 0 Å². The van der Waals surface area contributed by atoms with Gasteiger partial charge in [-0.2, -0.15) is 5.10 Å². The SMILES string of the molecule is CCNC(=O)CNCc1cn[nH]c1-c1ccc(C)o1. The molecule has 2 aromatic heterocycles. The molecule has 6 heteroatoms. The van der Waals surface area contributed by atoms with E-state index in [1.54, 1.807) is 6.20 Å². The molecule has 0 unspecified atom stereocenters. The number of carbonyl (C=O) groups excluding carboxylic acids is 1. The number of nitrogens with zero attached hydrogens (tertiary/aromatic N) is 1. The fourth-order valence-electron chi connectivity index (χ4n) is 1.80. The molecule has 0 bridgehead atoms. The molecule has 6 nitrogen and oxygen atoms in total. The number of aromatic nitrogens is 2. The molecule has 0 fully saturated rings. The summed E-state index contributed by atoms with van der Waals surface area (Å²) in [6.45, 7) is 5.28. The monoisotopic (exact) mass is 262 g/mol. The van der Waals surface area contributed by atoms with Gasteiger partial charge in [-0.3, -0.25) is 9.89 Å². The smallest absolute Gasteiger partial charge is 0.233 e. The summed E-state index contributed by atoms with van der Waals surface area (Å²) in [5.41, 5.74) is 1.81. The Hall–Kier alpha value is -2.08. The molecular weight excluding hydrogens is 244 g/mol. The number of H-pyrrole nitrogens is 1. The summed E-state index contributed by atoms with van der Waals surface area (Å²) in [6.07, 6.45) is 1.73. The predicted octanol–water partition coefficient (Wildman–Crippen LogP) is 1.20. The van der Waals surface area contributed by atoms with E-state index in [-0.39, 0.29) is 12.5 Å². The molecule has 0 saturated heterocycles. The van der Waals surface area contributed by atoms with E-state index < -0.39 is 0 Å². The second kappa shape index (κ2) is 6.19. The third-order valence-electron chi connectivity index (χ3n) is 2.68. The van der Waals surface area contributed by atoms with Crippen molar-refractivity contribution in [3.05, 3.63) is 29.7 Å². The van der Waals surface area contributed by atoms with Crippen LogP contribution in [0, 0.1) is 6.92 Å². The first-order valence-electron chi connectivity index (χ1n) is 6.27. The van der Waals surface area contributed by atoms with Gasteiger partial charge in [0.2, 0.25) is 5.91 Å². The molecule has 0 aliphatic rings. The molecule has 0 spiro atoms. The van der Waals surface area contributed by atoms with Crippen molar-refractivity contribution in [3.8, 4) is 11.5 Å². The Morgan fingerprint density at radius 2 is 2.32 bits per heavy atom. The number of hydrogen-bond donors (Lipinski definition) is 3. The summed E-state index contributed by atoms with van der Waals surface area (Å²) in [7, 11) is 0. The number of hydrogen-bond acceptors (Lipinski definition) is 4. The largest absolute Gasteiger partial charge is 0.460 e. The Bertz CT molecular complexity index is 544. The van der Waals surface area contributed by atoms with Gasteiger partial charge in [-0.05, 0) is 26.0 Å². The summed E-state index contributed by atoms with van der Waals surface area (Å²) in [4.78, 5) is 11.3. The summed E-state index contributed by atoms with van der Waals surface area (Å²) in [6, 6.07) is 3.80. The van der Waals surface area contributed by atoms with Crippen molar-refractivity contribution in [1.82, 2.24) is 20.8 Å². The minimum absolute atomic E-state index is 0.0126. The molecule has 1 amide bonds. The lowest BCUT2D eigenvalue weighted by Crippen LogP contribution is -2.33. The van der Waals surface area contributed by atoms with Gasteiger partial charge in [-0.25, -0.2) is 0 Å². The van der Waals surface area contributed by atoms with Gasteiger partial charge >= 0.3 is 0 Å². The van der Waals surface area contributed by atoms with Crippen LogP contribution in [0.4, 0.5) is 0 Å². The van der Waals surface area contributed by atoms with Crippen LogP contribution in [0.3, 0.4) is 0 Å². The van der Waals surface area contributed by atoms with Crippen LogP contribution in [-0.4, -0.2) is 29.2 Å². The van der Waals surface area contributed by atoms with Crippen LogP contribution in [0.5, 0.6) is 0 Å². The van der Waals surface area contributed by atoms with E-state index in [0.717, 1.165) is 22.8 Å². The zero-order valence-corrected chi connectivity index (χ0v) is 11.1. The molecule has 102 valence electrons. The zero-order chi connectivity index (χ0) is 13.7. The van der Waals surface area contributed by atoms with Gasteiger partial charge in [0.25, 0.3) is 0 Å². The minimum atomic E-state index is -0.0126. The van der Waals surface area contributed by atoms with Crippen LogP contribution >= 0.6 is 0 Å². The van der Waals surface area contributed by atoms with Crippen LogP contribution in [0.25, 0.3) is 11.5 Å². The molecule has 3 N–H and O–H groups in total. The number of rotatable bonds is 6. The Morgan fingerprint density at radius 1 is 1.47 bits per heavy atom. The average molecular weight is 262 g/mol. The molecular formula is C13H18N4O2. The molecule has 2 aromatic rings. The Morgan fingerprint density at radius 3 is 3.00 bits per heavy atom. The average Bonchev–Trinajstić information content (AvgIpc) is 2.98. The van der Waals surface area contributed by atoms with Crippen molar-refractivity contribution in [2.75, 3.05) is 13.1 Å².